The number of ether oxygens (including phenoxy) is 1. The third-order valence-corrected chi connectivity index (χ3v) is 2.87. The first-order valence-corrected chi connectivity index (χ1v) is 5.64. The van der Waals surface area contributed by atoms with Gasteiger partial charge in [0, 0.05) is 5.75 Å². The number of thiol groups is 1. The van der Waals surface area contributed by atoms with Gasteiger partial charge >= 0.3 is 5.97 Å². The normalized spacial score (nSPS) is 28.5. The molecule has 1 saturated carbocycles. The molecule has 0 atom stereocenters. The van der Waals surface area contributed by atoms with Gasteiger partial charge in [0.2, 0.25) is 0 Å². The molecule has 1 aliphatic carbocycles. The topological polar surface area (TPSA) is 26.3 Å². The van der Waals surface area contributed by atoms with Crippen LogP contribution < -0.4 is 0 Å². The zero-order valence-corrected chi connectivity index (χ0v) is 9.06. The highest BCUT2D eigenvalue weighted by Gasteiger charge is 2.25. The van der Waals surface area contributed by atoms with E-state index in [1.54, 1.807) is 0 Å². The highest BCUT2D eigenvalue weighted by molar-refractivity contribution is 7.80. The van der Waals surface area contributed by atoms with E-state index in [0.717, 1.165) is 18.8 Å². The van der Waals surface area contributed by atoms with E-state index >= 15 is 0 Å². The van der Waals surface area contributed by atoms with Gasteiger partial charge in [-0.15, -0.1) is 0 Å². The predicted octanol–water partition coefficient (Wildman–Crippen LogP) is 2.29. The molecule has 3 heteroatoms. The molecular formula is C10H18O2S. The van der Waals surface area contributed by atoms with Gasteiger partial charge in [-0.1, -0.05) is 6.92 Å². The first-order chi connectivity index (χ1) is 6.24. The first-order valence-electron chi connectivity index (χ1n) is 5.01. The Balaban J connectivity index is 2.23. The summed E-state index contributed by atoms with van der Waals surface area (Å²) in [6, 6.07) is 0. The highest BCUT2D eigenvalue weighted by Crippen LogP contribution is 2.28. The van der Waals surface area contributed by atoms with E-state index in [0.29, 0.717) is 12.4 Å². The van der Waals surface area contributed by atoms with Crippen molar-refractivity contribution in [1.82, 2.24) is 0 Å². The molecule has 0 bridgehead atoms. The molecule has 1 aliphatic rings. The zero-order valence-electron chi connectivity index (χ0n) is 8.16. The number of esters is 1. The van der Waals surface area contributed by atoms with E-state index in [2.05, 4.69) is 19.6 Å². The number of rotatable bonds is 3. The number of hydrogen-bond acceptors (Lipinski definition) is 3. The van der Waals surface area contributed by atoms with Crippen molar-refractivity contribution in [1.29, 1.82) is 0 Å². The number of hydrogen-bond donors (Lipinski definition) is 1. The lowest BCUT2D eigenvalue weighted by Crippen LogP contribution is -2.23. The maximum Gasteiger partial charge on any atom is 0.308 e. The van der Waals surface area contributed by atoms with Crippen molar-refractivity contribution in [3.63, 3.8) is 0 Å². The minimum atomic E-state index is -0.0130. The minimum absolute atomic E-state index is 0.0130. The Bertz CT molecular complexity index is 162. The molecule has 0 saturated heterocycles. The lowest BCUT2D eigenvalue weighted by molar-refractivity contribution is -0.149. The molecule has 1 rings (SSSR count). The summed E-state index contributed by atoms with van der Waals surface area (Å²) in [4.78, 5) is 11.4. The van der Waals surface area contributed by atoms with Gasteiger partial charge in [-0.05, 0) is 31.6 Å². The fourth-order valence-electron chi connectivity index (χ4n) is 1.76. The Morgan fingerprint density at radius 2 is 2.00 bits per heavy atom. The highest BCUT2D eigenvalue weighted by atomic mass is 32.1. The van der Waals surface area contributed by atoms with Gasteiger partial charge in [0.15, 0.2) is 0 Å². The van der Waals surface area contributed by atoms with Crippen molar-refractivity contribution in [2.24, 2.45) is 11.8 Å². The van der Waals surface area contributed by atoms with E-state index in [4.69, 9.17) is 4.74 Å². The van der Waals surface area contributed by atoms with Crippen molar-refractivity contribution in [3.8, 4) is 0 Å². The van der Waals surface area contributed by atoms with Gasteiger partial charge in [0.05, 0.1) is 5.92 Å². The Kier molecular flexibility index (Phi) is 4.64. The smallest absolute Gasteiger partial charge is 0.308 e. The summed E-state index contributed by atoms with van der Waals surface area (Å²) in [5, 5.41) is 0. The molecule has 0 aromatic heterocycles. The summed E-state index contributed by atoms with van der Waals surface area (Å²) in [6.07, 6.45) is 4.35. The van der Waals surface area contributed by atoms with Crippen molar-refractivity contribution < 1.29 is 9.53 Å². The van der Waals surface area contributed by atoms with Gasteiger partial charge in [-0.3, -0.25) is 4.79 Å². The van der Waals surface area contributed by atoms with Gasteiger partial charge in [0.1, 0.15) is 6.61 Å². The SMILES string of the molecule is CC1CCC(C(=O)OCCS)CC1. The van der Waals surface area contributed by atoms with Crippen molar-refractivity contribution >= 4 is 18.6 Å². The molecule has 0 heterocycles. The zero-order chi connectivity index (χ0) is 9.68. The molecular weight excluding hydrogens is 184 g/mol. The molecule has 0 spiro atoms. The van der Waals surface area contributed by atoms with E-state index < -0.39 is 0 Å². The number of carbonyl (C=O) groups excluding carboxylic acids is 1. The molecule has 0 aromatic carbocycles. The van der Waals surface area contributed by atoms with Crippen LogP contribution in [0.15, 0.2) is 0 Å². The molecule has 0 amide bonds. The van der Waals surface area contributed by atoms with E-state index in [1.165, 1.54) is 12.8 Å². The van der Waals surface area contributed by atoms with Crippen LogP contribution in [0.25, 0.3) is 0 Å². The van der Waals surface area contributed by atoms with Crippen molar-refractivity contribution in [2.45, 2.75) is 32.6 Å². The summed E-state index contributed by atoms with van der Waals surface area (Å²) >= 11 is 4.00. The Labute approximate surface area is 85.4 Å². The quantitative estimate of drug-likeness (QED) is 0.561. The molecule has 13 heavy (non-hydrogen) atoms. The molecule has 1 fully saturated rings. The van der Waals surface area contributed by atoms with Crippen LogP contribution in [0, 0.1) is 11.8 Å². The average Bonchev–Trinajstić information content (AvgIpc) is 2.15. The molecule has 76 valence electrons. The fourth-order valence-corrected chi connectivity index (χ4v) is 1.85. The molecule has 0 N–H and O–H groups in total. The van der Waals surface area contributed by atoms with Crippen LogP contribution in [0.5, 0.6) is 0 Å². The maximum absolute atomic E-state index is 11.4. The second-order valence-electron chi connectivity index (χ2n) is 3.85. The van der Waals surface area contributed by atoms with Crippen LogP contribution in [0.2, 0.25) is 0 Å². The fraction of sp³-hybridized carbons (Fsp3) is 0.900. The summed E-state index contributed by atoms with van der Waals surface area (Å²) in [7, 11) is 0. The van der Waals surface area contributed by atoms with Crippen LogP contribution in [-0.2, 0) is 9.53 Å². The van der Waals surface area contributed by atoms with Crippen LogP contribution in [-0.4, -0.2) is 18.3 Å². The minimum Gasteiger partial charge on any atom is -0.465 e. The summed E-state index contributed by atoms with van der Waals surface area (Å²) in [6.45, 7) is 2.70. The Morgan fingerprint density at radius 1 is 1.38 bits per heavy atom. The molecule has 0 aromatic rings. The van der Waals surface area contributed by atoms with Gasteiger partial charge < -0.3 is 4.74 Å². The second kappa shape index (κ2) is 5.53. The van der Waals surface area contributed by atoms with Crippen molar-refractivity contribution in [3.05, 3.63) is 0 Å². The van der Waals surface area contributed by atoms with Crippen LogP contribution in [0.1, 0.15) is 32.6 Å². The van der Waals surface area contributed by atoms with Gasteiger partial charge in [-0.2, -0.15) is 12.6 Å². The Morgan fingerprint density at radius 3 is 2.54 bits per heavy atom. The Hall–Kier alpha value is -0.180. The monoisotopic (exact) mass is 202 g/mol. The van der Waals surface area contributed by atoms with E-state index in [-0.39, 0.29) is 11.9 Å². The lowest BCUT2D eigenvalue weighted by Gasteiger charge is -2.24. The summed E-state index contributed by atoms with van der Waals surface area (Å²) in [5.74, 6) is 1.56. The first kappa shape index (κ1) is 10.9. The third kappa shape index (κ3) is 3.59. The van der Waals surface area contributed by atoms with Crippen LogP contribution in [0.4, 0.5) is 0 Å². The average molecular weight is 202 g/mol. The molecule has 0 unspecified atom stereocenters. The molecule has 0 radical (unpaired) electrons. The predicted molar refractivity (Wildman–Crippen MR) is 55.9 cm³/mol. The van der Waals surface area contributed by atoms with Gasteiger partial charge in [-0.25, -0.2) is 0 Å². The molecule has 2 nitrogen and oxygen atoms in total. The van der Waals surface area contributed by atoms with Crippen LogP contribution >= 0.6 is 12.6 Å². The summed E-state index contributed by atoms with van der Waals surface area (Å²) < 4.78 is 5.05. The standard InChI is InChI=1S/C10H18O2S/c1-8-2-4-9(5-3-8)10(11)12-6-7-13/h8-9,13H,2-7H2,1H3. The van der Waals surface area contributed by atoms with Crippen LogP contribution in [0.3, 0.4) is 0 Å². The lowest BCUT2D eigenvalue weighted by atomic mass is 9.83. The largest absolute Gasteiger partial charge is 0.465 e. The van der Waals surface area contributed by atoms with E-state index in [1.807, 2.05) is 0 Å². The third-order valence-electron chi connectivity index (χ3n) is 2.68. The second-order valence-corrected chi connectivity index (χ2v) is 4.30. The van der Waals surface area contributed by atoms with E-state index in [9.17, 15) is 4.79 Å². The summed E-state index contributed by atoms with van der Waals surface area (Å²) in [5.41, 5.74) is 0. The number of carbonyl (C=O) groups is 1. The maximum atomic E-state index is 11.4. The van der Waals surface area contributed by atoms with Gasteiger partial charge in [0.25, 0.3) is 0 Å². The molecule has 0 aliphatic heterocycles. The van der Waals surface area contributed by atoms with Crippen molar-refractivity contribution in [2.75, 3.05) is 12.4 Å².